The first-order valence-electron chi connectivity index (χ1n) is 4.79. The molecule has 0 saturated carbocycles. The van der Waals surface area contributed by atoms with Crippen molar-refractivity contribution in [2.24, 2.45) is 5.73 Å². The number of carbonyl (C=O) groups is 1. The molecule has 4 N–H and O–H groups in total. The molecular weight excluding hydrogens is 294 g/mol. The molecule has 1 aromatic rings. The molecule has 1 aliphatic heterocycles. The van der Waals surface area contributed by atoms with Gasteiger partial charge in [0.1, 0.15) is 11.8 Å². The van der Waals surface area contributed by atoms with Crippen LogP contribution in [0.1, 0.15) is 5.56 Å². The molecule has 1 atom stereocenters. The van der Waals surface area contributed by atoms with E-state index >= 15 is 0 Å². The summed E-state index contributed by atoms with van der Waals surface area (Å²) in [5.41, 5.74) is 5.77. The third kappa shape index (κ3) is 2.16. The largest absolute Gasteiger partial charge is 0.506 e. The van der Waals surface area contributed by atoms with E-state index in [1.807, 2.05) is 0 Å². The number of aliphatic carboxylic acids is 1. The average Bonchev–Trinajstić information content (AvgIpc) is 2.71. The summed E-state index contributed by atoms with van der Waals surface area (Å²) in [5.74, 6) is -0.410. The number of phenols is 1. The number of nitrogens with two attached hydrogens (primary N) is 1. The van der Waals surface area contributed by atoms with Crippen molar-refractivity contribution in [3.63, 3.8) is 0 Å². The fourth-order valence-electron chi connectivity index (χ4n) is 1.56. The second-order valence-corrected chi connectivity index (χ2v) is 4.42. The second kappa shape index (κ2) is 4.42. The predicted octanol–water partition coefficient (Wildman–Crippen LogP) is 0.838. The van der Waals surface area contributed by atoms with Crippen molar-refractivity contribution >= 4 is 21.9 Å². The minimum absolute atomic E-state index is 0.0354. The Morgan fingerprint density at radius 2 is 2.29 bits per heavy atom. The summed E-state index contributed by atoms with van der Waals surface area (Å²) in [6.07, 6.45) is -0.0354. The summed E-state index contributed by atoms with van der Waals surface area (Å²) >= 11 is 3.15. The van der Waals surface area contributed by atoms with Gasteiger partial charge in [-0.1, -0.05) is 0 Å². The van der Waals surface area contributed by atoms with Gasteiger partial charge in [-0.15, -0.1) is 0 Å². The number of ether oxygens (including phenoxy) is 2. The van der Waals surface area contributed by atoms with Crippen LogP contribution >= 0.6 is 15.9 Å². The van der Waals surface area contributed by atoms with E-state index in [1.165, 1.54) is 0 Å². The van der Waals surface area contributed by atoms with Crippen LogP contribution in [0.5, 0.6) is 17.2 Å². The monoisotopic (exact) mass is 303 g/mol. The van der Waals surface area contributed by atoms with Gasteiger partial charge in [0.15, 0.2) is 11.5 Å². The Morgan fingerprint density at radius 3 is 2.94 bits per heavy atom. The van der Waals surface area contributed by atoms with Crippen LogP contribution in [-0.4, -0.2) is 29.0 Å². The molecule has 6 nitrogen and oxygen atoms in total. The maximum Gasteiger partial charge on any atom is 0.320 e. The molecule has 7 heteroatoms. The van der Waals surface area contributed by atoms with Crippen LogP contribution in [0.3, 0.4) is 0 Å². The molecule has 1 aliphatic rings. The number of benzene rings is 1. The Hall–Kier alpha value is -1.47. The summed E-state index contributed by atoms with van der Waals surface area (Å²) in [7, 11) is 0. The normalized spacial score (nSPS) is 14.7. The maximum atomic E-state index is 10.7. The van der Waals surface area contributed by atoms with Gasteiger partial charge in [0.25, 0.3) is 0 Å². The van der Waals surface area contributed by atoms with Crippen LogP contribution in [0, 0.1) is 0 Å². The summed E-state index contributed by atoms with van der Waals surface area (Å²) in [5, 5.41) is 18.6. The molecule has 1 unspecified atom stereocenters. The number of rotatable bonds is 3. The topological polar surface area (TPSA) is 102 Å². The first-order valence-corrected chi connectivity index (χ1v) is 5.58. The van der Waals surface area contributed by atoms with Gasteiger partial charge in [0.2, 0.25) is 6.79 Å². The smallest absolute Gasteiger partial charge is 0.320 e. The first-order chi connectivity index (χ1) is 8.00. The Morgan fingerprint density at radius 1 is 1.59 bits per heavy atom. The Kier molecular flexibility index (Phi) is 3.12. The standard InChI is InChI=1S/C10H10BrNO5/c11-5-2-7-9(17-3-16-7)4(8(5)13)1-6(12)10(14)15/h2,6,13H,1,3,12H2,(H,14,15). The molecule has 0 saturated heterocycles. The lowest BCUT2D eigenvalue weighted by Gasteiger charge is -2.12. The zero-order valence-corrected chi connectivity index (χ0v) is 10.2. The lowest BCUT2D eigenvalue weighted by atomic mass is 10.0. The highest BCUT2D eigenvalue weighted by Crippen LogP contribution is 2.45. The number of carboxylic acids is 1. The number of hydrogen-bond acceptors (Lipinski definition) is 5. The van der Waals surface area contributed by atoms with Crippen molar-refractivity contribution in [2.45, 2.75) is 12.5 Å². The van der Waals surface area contributed by atoms with Crippen molar-refractivity contribution in [3.8, 4) is 17.2 Å². The van der Waals surface area contributed by atoms with Gasteiger partial charge in [-0.2, -0.15) is 0 Å². The van der Waals surface area contributed by atoms with E-state index in [0.717, 1.165) is 0 Å². The molecule has 0 aliphatic carbocycles. The van der Waals surface area contributed by atoms with Crippen LogP contribution in [0.2, 0.25) is 0 Å². The molecule has 1 aromatic carbocycles. The zero-order chi connectivity index (χ0) is 12.6. The molecular formula is C10H10BrNO5. The molecule has 92 valence electrons. The van der Waals surface area contributed by atoms with Gasteiger partial charge < -0.3 is 25.4 Å². The van der Waals surface area contributed by atoms with Crippen LogP contribution < -0.4 is 15.2 Å². The number of aromatic hydroxyl groups is 1. The lowest BCUT2D eigenvalue weighted by Crippen LogP contribution is -2.32. The molecule has 1 heterocycles. The van der Waals surface area contributed by atoms with Crippen LogP contribution in [0.4, 0.5) is 0 Å². The van der Waals surface area contributed by atoms with E-state index in [1.54, 1.807) is 6.07 Å². The molecule has 0 spiro atoms. The Balaban J connectivity index is 2.42. The highest BCUT2D eigenvalue weighted by atomic mass is 79.9. The van der Waals surface area contributed by atoms with Crippen molar-refractivity contribution in [1.82, 2.24) is 0 Å². The molecule has 0 radical (unpaired) electrons. The third-order valence-corrected chi connectivity index (χ3v) is 3.03. The number of fused-ring (bicyclic) bond motifs is 1. The van der Waals surface area contributed by atoms with Crippen LogP contribution in [0.25, 0.3) is 0 Å². The third-order valence-electron chi connectivity index (χ3n) is 2.43. The van der Waals surface area contributed by atoms with Gasteiger partial charge in [-0.05, 0) is 15.9 Å². The minimum atomic E-state index is -1.14. The summed E-state index contributed by atoms with van der Waals surface area (Å²) < 4.78 is 10.8. The number of carboxylic acid groups (broad SMARTS) is 1. The first kappa shape index (κ1) is 12.0. The van der Waals surface area contributed by atoms with Crippen molar-refractivity contribution in [2.75, 3.05) is 6.79 Å². The number of halogens is 1. The summed E-state index contributed by atoms with van der Waals surface area (Å²) in [4.78, 5) is 10.7. The van der Waals surface area contributed by atoms with Gasteiger partial charge in [0, 0.05) is 18.1 Å². The van der Waals surface area contributed by atoms with E-state index in [9.17, 15) is 9.90 Å². The van der Waals surface area contributed by atoms with Crippen LogP contribution in [0.15, 0.2) is 10.5 Å². The van der Waals surface area contributed by atoms with Crippen LogP contribution in [-0.2, 0) is 11.2 Å². The zero-order valence-electron chi connectivity index (χ0n) is 8.64. The Labute approximate surface area is 105 Å². The highest BCUT2D eigenvalue weighted by Gasteiger charge is 2.26. The fraction of sp³-hybridized carbons (Fsp3) is 0.300. The molecule has 17 heavy (non-hydrogen) atoms. The van der Waals surface area contributed by atoms with E-state index in [-0.39, 0.29) is 19.0 Å². The van der Waals surface area contributed by atoms with Gasteiger partial charge in [-0.25, -0.2) is 0 Å². The van der Waals surface area contributed by atoms with Crippen molar-refractivity contribution < 1.29 is 24.5 Å². The summed E-state index contributed by atoms with van der Waals surface area (Å²) in [6.45, 7) is 0.0422. The van der Waals surface area contributed by atoms with E-state index < -0.39 is 12.0 Å². The van der Waals surface area contributed by atoms with Gasteiger partial charge in [0.05, 0.1) is 4.47 Å². The summed E-state index contributed by atoms with van der Waals surface area (Å²) in [6, 6.07) is 0.455. The maximum absolute atomic E-state index is 10.7. The number of phenolic OH excluding ortho intramolecular Hbond substituents is 1. The Bertz CT molecular complexity index is 476. The van der Waals surface area contributed by atoms with E-state index in [2.05, 4.69) is 15.9 Å². The van der Waals surface area contributed by atoms with E-state index in [0.29, 0.717) is 21.5 Å². The SMILES string of the molecule is NC(Cc1c(O)c(Br)cc2c1OCO2)C(=O)O. The van der Waals surface area contributed by atoms with Crippen molar-refractivity contribution in [3.05, 3.63) is 16.1 Å². The van der Waals surface area contributed by atoms with E-state index in [4.69, 9.17) is 20.3 Å². The van der Waals surface area contributed by atoms with Gasteiger partial charge >= 0.3 is 5.97 Å². The fourth-order valence-corrected chi connectivity index (χ4v) is 2.01. The van der Waals surface area contributed by atoms with Crippen molar-refractivity contribution in [1.29, 1.82) is 0 Å². The highest BCUT2D eigenvalue weighted by molar-refractivity contribution is 9.10. The molecule has 2 rings (SSSR count). The van der Waals surface area contributed by atoms with Gasteiger partial charge in [-0.3, -0.25) is 4.79 Å². The number of hydrogen-bond donors (Lipinski definition) is 3. The molecule has 0 fully saturated rings. The second-order valence-electron chi connectivity index (χ2n) is 3.57. The lowest BCUT2D eigenvalue weighted by molar-refractivity contribution is -0.138. The average molecular weight is 304 g/mol. The minimum Gasteiger partial charge on any atom is -0.506 e. The quantitative estimate of drug-likeness (QED) is 0.765. The molecule has 0 bridgehead atoms. The molecule has 0 aromatic heterocycles. The predicted molar refractivity (Wildman–Crippen MR) is 61.2 cm³/mol. The molecule has 0 amide bonds.